The number of carbonyl (C=O) groups is 2. The summed E-state index contributed by atoms with van der Waals surface area (Å²) in [6, 6.07) is 5.70. The Labute approximate surface area is 114 Å². The summed E-state index contributed by atoms with van der Waals surface area (Å²) in [5, 5.41) is 0. The van der Waals surface area contributed by atoms with Crippen molar-refractivity contribution in [3.8, 4) is 0 Å². The van der Waals surface area contributed by atoms with E-state index < -0.39 is 5.91 Å². The summed E-state index contributed by atoms with van der Waals surface area (Å²) in [5.41, 5.74) is 2.86. The first-order valence-corrected chi connectivity index (χ1v) is 6.42. The summed E-state index contributed by atoms with van der Waals surface area (Å²) in [4.78, 5) is 24.4. The normalized spacial score (nSPS) is 12.0. The zero-order valence-electron chi connectivity index (χ0n) is 12.0. The van der Waals surface area contributed by atoms with Crippen molar-refractivity contribution >= 4 is 17.9 Å². The van der Waals surface area contributed by atoms with Crippen LogP contribution in [0.25, 0.3) is 0 Å². The Balaban J connectivity index is 3.32. The number of nitrogens with zero attached hydrogens (tertiary/aromatic N) is 1. The highest BCUT2D eigenvalue weighted by atomic mass is 16.5. The molecule has 1 aromatic carbocycles. The number of para-hydroxylation sites is 1. The maximum absolute atomic E-state index is 12.0. The maximum atomic E-state index is 12.0. The lowest BCUT2D eigenvalue weighted by atomic mass is 10.0. The van der Waals surface area contributed by atoms with Gasteiger partial charge >= 0.3 is 0 Å². The minimum atomic E-state index is -0.534. The lowest BCUT2D eigenvalue weighted by Crippen LogP contribution is -2.42. The van der Waals surface area contributed by atoms with Crippen molar-refractivity contribution in [3.05, 3.63) is 29.3 Å². The second kappa shape index (κ2) is 7.04. The van der Waals surface area contributed by atoms with Gasteiger partial charge in [-0.05, 0) is 31.4 Å². The molecule has 0 aliphatic carbocycles. The number of benzene rings is 1. The molecule has 1 unspecified atom stereocenters. The minimum Gasteiger partial charge on any atom is -0.383 e. The van der Waals surface area contributed by atoms with Crippen molar-refractivity contribution in [1.29, 1.82) is 0 Å². The monoisotopic (exact) mass is 263 g/mol. The Bertz CT molecular complexity index is 457. The van der Waals surface area contributed by atoms with Crippen LogP contribution in [0, 0.1) is 6.92 Å². The third-order valence-electron chi connectivity index (χ3n) is 3.13. The van der Waals surface area contributed by atoms with Gasteiger partial charge in [0.15, 0.2) is 0 Å². The molecule has 0 saturated heterocycles. The lowest BCUT2D eigenvalue weighted by molar-refractivity contribution is -0.130. The van der Waals surface area contributed by atoms with E-state index in [2.05, 4.69) is 0 Å². The van der Waals surface area contributed by atoms with Crippen LogP contribution in [0.3, 0.4) is 0 Å². The molecule has 104 valence electrons. The lowest BCUT2D eigenvalue weighted by Gasteiger charge is -2.30. The second-order valence-corrected chi connectivity index (χ2v) is 4.57. The van der Waals surface area contributed by atoms with E-state index in [0.717, 1.165) is 23.2 Å². The molecule has 4 heteroatoms. The van der Waals surface area contributed by atoms with Crippen LogP contribution >= 0.6 is 0 Å². The van der Waals surface area contributed by atoms with Crippen LogP contribution in [0.4, 0.5) is 5.69 Å². The highest BCUT2D eigenvalue weighted by Gasteiger charge is 2.24. The van der Waals surface area contributed by atoms with Gasteiger partial charge in [0.2, 0.25) is 6.29 Å². The number of anilines is 1. The Morgan fingerprint density at radius 1 is 1.47 bits per heavy atom. The van der Waals surface area contributed by atoms with Crippen molar-refractivity contribution in [1.82, 2.24) is 0 Å². The number of ether oxygens (including phenoxy) is 1. The Morgan fingerprint density at radius 3 is 2.68 bits per heavy atom. The van der Waals surface area contributed by atoms with Crippen LogP contribution in [0.1, 0.15) is 25.0 Å². The van der Waals surface area contributed by atoms with Gasteiger partial charge in [-0.2, -0.15) is 0 Å². The summed E-state index contributed by atoms with van der Waals surface area (Å²) >= 11 is 0. The molecule has 0 saturated carbocycles. The zero-order chi connectivity index (χ0) is 14.4. The van der Waals surface area contributed by atoms with E-state index in [9.17, 15) is 9.59 Å². The van der Waals surface area contributed by atoms with Crippen LogP contribution in [-0.4, -0.2) is 32.0 Å². The van der Waals surface area contributed by atoms with Crippen molar-refractivity contribution < 1.29 is 14.3 Å². The first-order chi connectivity index (χ1) is 9.06. The predicted molar refractivity (Wildman–Crippen MR) is 75.4 cm³/mol. The van der Waals surface area contributed by atoms with Crippen LogP contribution < -0.4 is 4.90 Å². The van der Waals surface area contributed by atoms with Crippen molar-refractivity contribution in [3.63, 3.8) is 0 Å². The van der Waals surface area contributed by atoms with E-state index in [4.69, 9.17) is 4.74 Å². The molecule has 19 heavy (non-hydrogen) atoms. The maximum Gasteiger partial charge on any atom is 0.291 e. The molecule has 0 bridgehead atoms. The molecule has 4 nitrogen and oxygen atoms in total. The highest BCUT2D eigenvalue weighted by molar-refractivity contribution is 6.30. The van der Waals surface area contributed by atoms with E-state index in [1.165, 1.54) is 4.90 Å². The van der Waals surface area contributed by atoms with E-state index in [-0.39, 0.29) is 6.04 Å². The molecule has 0 fully saturated rings. The number of methoxy groups -OCH3 is 1. The van der Waals surface area contributed by atoms with Crippen LogP contribution in [-0.2, 0) is 20.7 Å². The fourth-order valence-electron chi connectivity index (χ4n) is 2.27. The molecule has 1 aromatic rings. The number of aldehydes is 1. The topological polar surface area (TPSA) is 46.6 Å². The second-order valence-electron chi connectivity index (χ2n) is 4.57. The van der Waals surface area contributed by atoms with Crippen LogP contribution in [0.5, 0.6) is 0 Å². The molecule has 1 rings (SSSR count). The first-order valence-electron chi connectivity index (χ1n) is 6.42. The van der Waals surface area contributed by atoms with Crippen LogP contribution in [0.15, 0.2) is 18.2 Å². The molecular formula is C15H21NO3. The molecule has 0 N–H and O–H groups in total. The summed E-state index contributed by atoms with van der Waals surface area (Å²) < 4.78 is 5.10. The van der Waals surface area contributed by atoms with Crippen molar-refractivity contribution in [2.75, 3.05) is 18.6 Å². The molecular weight excluding hydrogens is 242 g/mol. The zero-order valence-corrected chi connectivity index (χ0v) is 12.0. The third kappa shape index (κ3) is 3.41. The summed E-state index contributed by atoms with van der Waals surface area (Å²) in [6.07, 6.45) is 1.16. The standard InChI is InChI=1S/C15H21NO3/c1-5-13-8-6-7-11(2)15(13)16(14(18)9-17)12(3)10-19-4/h6-9,12H,5,10H2,1-4H3. The molecule has 0 radical (unpaired) electrons. The largest absolute Gasteiger partial charge is 0.383 e. The molecule has 0 aliphatic heterocycles. The number of hydrogen-bond acceptors (Lipinski definition) is 3. The SMILES string of the molecule is CCc1cccc(C)c1N(C(=O)C=O)C(C)COC. The number of rotatable bonds is 6. The first kappa shape index (κ1) is 15.4. The quantitative estimate of drug-likeness (QED) is 0.583. The fraction of sp³-hybridized carbons (Fsp3) is 0.467. The number of carbonyl (C=O) groups excluding carboxylic acids is 2. The number of aryl methyl sites for hydroxylation is 2. The van der Waals surface area contributed by atoms with Crippen LogP contribution in [0.2, 0.25) is 0 Å². The molecule has 1 atom stereocenters. The van der Waals surface area contributed by atoms with Gasteiger partial charge in [-0.3, -0.25) is 9.59 Å². The Morgan fingerprint density at radius 2 is 2.16 bits per heavy atom. The van der Waals surface area contributed by atoms with E-state index in [1.54, 1.807) is 7.11 Å². The van der Waals surface area contributed by atoms with Gasteiger partial charge in [-0.15, -0.1) is 0 Å². The average molecular weight is 263 g/mol. The molecule has 1 amide bonds. The van der Waals surface area contributed by atoms with Gasteiger partial charge < -0.3 is 9.64 Å². The average Bonchev–Trinajstić information content (AvgIpc) is 2.40. The molecule has 0 spiro atoms. The van der Waals surface area contributed by atoms with E-state index in [0.29, 0.717) is 12.9 Å². The van der Waals surface area contributed by atoms with Gasteiger partial charge in [0.05, 0.1) is 18.3 Å². The fourth-order valence-corrected chi connectivity index (χ4v) is 2.27. The van der Waals surface area contributed by atoms with Gasteiger partial charge in [0, 0.05) is 7.11 Å². The Hall–Kier alpha value is -1.68. The van der Waals surface area contributed by atoms with Gasteiger partial charge in [0.25, 0.3) is 5.91 Å². The Kier molecular flexibility index (Phi) is 5.70. The summed E-state index contributed by atoms with van der Waals surface area (Å²) in [7, 11) is 1.58. The predicted octanol–water partition coefficient (Wildman–Crippen LogP) is 2.12. The molecule has 0 heterocycles. The van der Waals surface area contributed by atoms with Gasteiger partial charge in [0.1, 0.15) is 0 Å². The van der Waals surface area contributed by atoms with E-state index in [1.807, 2.05) is 39.0 Å². The number of amides is 1. The summed E-state index contributed by atoms with van der Waals surface area (Å²) in [5.74, 6) is -0.534. The van der Waals surface area contributed by atoms with E-state index >= 15 is 0 Å². The van der Waals surface area contributed by atoms with Gasteiger partial charge in [-0.1, -0.05) is 25.1 Å². The molecule has 0 aliphatic rings. The smallest absolute Gasteiger partial charge is 0.291 e. The summed E-state index contributed by atoms with van der Waals surface area (Å²) in [6.45, 7) is 6.23. The van der Waals surface area contributed by atoms with Crippen molar-refractivity contribution in [2.24, 2.45) is 0 Å². The highest BCUT2D eigenvalue weighted by Crippen LogP contribution is 2.27. The number of hydrogen-bond donors (Lipinski definition) is 0. The van der Waals surface area contributed by atoms with Gasteiger partial charge in [-0.25, -0.2) is 0 Å². The third-order valence-corrected chi connectivity index (χ3v) is 3.13. The minimum absolute atomic E-state index is 0.186. The molecule has 0 aromatic heterocycles. The van der Waals surface area contributed by atoms with Crippen molar-refractivity contribution in [2.45, 2.75) is 33.2 Å².